The van der Waals surface area contributed by atoms with Crippen molar-refractivity contribution in [2.45, 2.75) is 0 Å². The first-order chi connectivity index (χ1) is 21.7. The number of fused-ring (bicyclic) bond motifs is 8. The minimum atomic E-state index is -0.779. The summed E-state index contributed by atoms with van der Waals surface area (Å²) in [6, 6.07) is 41.4. The molecular weight excluding hydrogens is 534 g/mol. The first-order valence-electron chi connectivity index (χ1n) is 14.7. The van der Waals surface area contributed by atoms with E-state index < -0.39 is 5.41 Å². The maximum Gasteiger partial charge on any atom is 0.143 e. The van der Waals surface area contributed by atoms with Crippen molar-refractivity contribution in [3.63, 3.8) is 0 Å². The van der Waals surface area contributed by atoms with Crippen LogP contribution in [0.3, 0.4) is 0 Å². The van der Waals surface area contributed by atoms with Crippen molar-refractivity contribution in [1.29, 1.82) is 10.5 Å². The fourth-order valence-electron chi connectivity index (χ4n) is 7.10. The summed E-state index contributed by atoms with van der Waals surface area (Å²) in [6.07, 6.45) is 15.2. The molecule has 0 aromatic heterocycles. The molecule has 0 fully saturated rings. The molecule has 4 aliphatic carbocycles. The Bertz CT molecular complexity index is 2110. The van der Waals surface area contributed by atoms with Crippen LogP contribution in [-0.4, -0.2) is 0 Å². The van der Waals surface area contributed by atoms with Gasteiger partial charge in [-0.3, -0.25) is 0 Å². The van der Waals surface area contributed by atoms with Gasteiger partial charge in [0.25, 0.3) is 0 Å². The normalized spacial score (nSPS) is 19.0. The van der Waals surface area contributed by atoms with E-state index in [2.05, 4.69) is 103 Å². The number of hydrogen-bond donors (Lipinski definition) is 0. The number of nitrogens with zero attached hydrogens (tertiary/aromatic N) is 3. The number of rotatable bonds is 4. The molecule has 204 valence electrons. The zero-order valence-electron chi connectivity index (χ0n) is 23.8. The Labute approximate surface area is 257 Å². The first-order valence-corrected chi connectivity index (χ1v) is 14.7. The average Bonchev–Trinajstić information content (AvgIpc) is 3.66. The van der Waals surface area contributed by atoms with Gasteiger partial charge in [-0.25, -0.2) is 0 Å². The van der Waals surface area contributed by atoms with Gasteiger partial charge < -0.3 is 4.90 Å². The van der Waals surface area contributed by atoms with Crippen LogP contribution in [0.2, 0.25) is 0 Å². The molecule has 0 radical (unpaired) electrons. The van der Waals surface area contributed by atoms with Crippen LogP contribution in [0, 0.1) is 28.1 Å². The van der Waals surface area contributed by atoms with Crippen molar-refractivity contribution >= 4 is 34.7 Å². The predicted octanol–water partition coefficient (Wildman–Crippen LogP) is 9.58. The maximum absolute atomic E-state index is 11.0. The number of benzene rings is 4. The molecular formula is C41H25N3. The molecule has 0 amide bonds. The molecule has 3 nitrogen and oxygen atoms in total. The van der Waals surface area contributed by atoms with E-state index in [4.69, 9.17) is 0 Å². The lowest BCUT2D eigenvalue weighted by atomic mass is 9.59. The predicted molar refractivity (Wildman–Crippen MR) is 178 cm³/mol. The van der Waals surface area contributed by atoms with E-state index in [1.807, 2.05) is 65.6 Å². The fourth-order valence-corrected chi connectivity index (χ4v) is 7.10. The van der Waals surface area contributed by atoms with Crippen molar-refractivity contribution < 1.29 is 0 Å². The van der Waals surface area contributed by atoms with E-state index in [-0.39, 0.29) is 5.70 Å². The van der Waals surface area contributed by atoms with Crippen molar-refractivity contribution in [2.24, 2.45) is 5.41 Å². The number of anilines is 2. The Morgan fingerprint density at radius 3 is 1.64 bits per heavy atom. The highest BCUT2D eigenvalue weighted by Gasteiger charge is 2.49. The van der Waals surface area contributed by atoms with E-state index in [0.717, 1.165) is 50.4 Å². The van der Waals surface area contributed by atoms with Gasteiger partial charge in [-0.05, 0) is 86.5 Å². The van der Waals surface area contributed by atoms with Crippen LogP contribution in [0.4, 0.5) is 11.4 Å². The molecule has 4 aliphatic rings. The molecule has 1 unspecified atom stereocenters. The van der Waals surface area contributed by atoms with Gasteiger partial charge >= 0.3 is 0 Å². The van der Waals surface area contributed by atoms with Crippen LogP contribution >= 0.6 is 0 Å². The van der Waals surface area contributed by atoms with Crippen molar-refractivity contribution in [3.8, 4) is 12.1 Å². The standard InChI is InChI=1S/C41H25N3/c42-26-36(40(27-43)44(30-14-3-1-4-15-30)31-16-5-2-6-17-31)37-22-21-35-33-19-10-8-13-29(33)25-39(35)41(37)23-11-20-34-32-18-9-7-12-28(32)24-38(34)41/h1-25H/b40-36+. The zero-order valence-corrected chi connectivity index (χ0v) is 23.8. The Kier molecular flexibility index (Phi) is 5.80. The molecule has 4 aromatic rings. The molecule has 8 rings (SSSR count). The number of hydrogen-bond acceptors (Lipinski definition) is 3. The van der Waals surface area contributed by atoms with Gasteiger partial charge in [0, 0.05) is 11.4 Å². The molecule has 0 saturated carbocycles. The first kappa shape index (κ1) is 25.5. The van der Waals surface area contributed by atoms with Crippen molar-refractivity contribution in [1.82, 2.24) is 0 Å². The lowest BCUT2D eigenvalue weighted by Gasteiger charge is -2.42. The zero-order chi connectivity index (χ0) is 29.7. The molecule has 0 saturated heterocycles. The van der Waals surface area contributed by atoms with Gasteiger partial charge in [-0.15, -0.1) is 0 Å². The number of allylic oxidation sites excluding steroid dienone is 12. The summed E-state index contributed by atoms with van der Waals surface area (Å²) in [6.45, 7) is 0. The average molecular weight is 560 g/mol. The third-order valence-electron chi connectivity index (χ3n) is 8.96. The van der Waals surface area contributed by atoms with Crippen LogP contribution in [0.5, 0.6) is 0 Å². The van der Waals surface area contributed by atoms with Gasteiger partial charge in [0.05, 0.1) is 11.0 Å². The summed E-state index contributed by atoms with van der Waals surface area (Å²) in [7, 11) is 0. The van der Waals surface area contributed by atoms with Crippen LogP contribution in [-0.2, 0) is 0 Å². The summed E-state index contributed by atoms with van der Waals surface area (Å²) in [4.78, 5) is 1.89. The van der Waals surface area contributed by atoms with E-state index in [9.17, 15) is 10.5 Å². The minimum Gasteiger partial charge on any atom is -0.300 e. The third kappa shape index (κ3) is 3.61. The number of nitriles is 2. The smallest absolute Gasteiger partial charge is 0.143 e. The monoisotopic (exact) mass is 559 g/mol. The molecule has 44 heavy (non-hydrogen) atoms. The highest BCUT2D eigenvalue weighted by atomic mass is 15.1. The van der Waals surface area contributed by atoms with E-state index in [1.165, 1.54) is 11.1 Å². The Balaban J connectivity index is 1.42. The lowest BCUT2D eigenvalue weighted by Crippen LogP contribution is -2.31. The van der Waals surface area contributed by atoms with Gasteiger partial charge in [0.15, 0.2) is 0 Å². The molecule has 0 N–H and O–H groups in total. The van der Waals surface area contributed by atoms with Crippen LogP contribution in [0.25, 0.3) is 23.3 Å². The summed E-state index contributed by atoms with van der Waals surface area (Å²) in [5, 5.41) is 21.9. The maximum atomic E-state index is 11.0. The quantitative estimate of drug-likeness (QED) is 0.234. The van der Waals surface area contributed by atoms with Crippen LogP contribution in [0.15, 0.2) is 168 Å². The second-order valence-electron chi connectivity index (χ2n) is 11.2. The number of para-hydroxylation sites is 2. The second kappa shape index (κ2) is 9.99. The fraction of sp³-hybridized carbons (Fsp3) is 0.0244. The Morgan fingerprint density at radius 1 is 0.568 bits per heavy atom. The Hall–Kier alpha value is -6.16. The van der Waals surface area contributed by atoms with Gasteiger partial charge in [0.2, 0.25) is 0 Å². The molecule has 0 heterocycles. The van der Waals surface area contributed by atoms with E-state index >= 15 is 0 Å². The van der Waals surface area contributed by atoms with Crippen LogP contribution < -0.4 is 4.90 Å². The van der Waals surface area contributed by atoms with E-state index in [1.54, 1.807) is 0 Å². The Morgan fingerprint density at radius 2 is 1.09 bits per heavy atom. The minimum absolute atomic E-state index is 0.282. The highest BCUT2D eigenvalue weighted by Crippen LogP contribution is 2.63. The summed E-state index contributed by atoms with van der Waals surface area (Å²) in [5.74, 6) is 0. The molecule has 4 aromatic carbocycles. The molecule has 1 spiro atoms. The largest absolute Gasteiger partial charge is 0.300 e. The molecule has 1 atom stereocenters. The summed E-state index contributed by atoms with van der Waals surface area (Å²) >= 11 is 0. The second-order valence-corrected chi connectivity index (χ2v) is 11.2. The highest BCUT2D eigenvalue weighted by molar-refractivity contribution is 6.06. The third-order valence-corrected chi connectivity index (χ3v) is 8.96. The van der Waals surface area contributed by atoms with Crippen molar-refractivity contribution in [3.05, 3.63) is 190 Å². The van der Waals surface area contributed by atoms with Crippen molar-refractivity contribution in [2.75, 3.05) is 4.90 Å². The van der Waals surface area contributed by atoms with Gasteiger partial charge in [0.1, 0.15) is 17.8 Å². The van der Waals surface area contributed by atoms with Crippen LogP contribution in [0.1, 0.15) is 22.3 Å². The van der Waals surface area contributed by atoms with E-state index in [0.29, 0.717) is 5.57 Å². The van der Waals surface area contributed by atoms with Gasteiger partial charge in [-0.2, -0.15) is 10.5 Å². The lowest BCUT2D eigenvalue weighted by molar-refractivity contribution is 0.707. The SMILES string of the molecule is N#C/C(C1=CC=C2C(=Cc3ccccc32)C12C=CC=C1C2=Cc2ccccc21)=C(/C#N)N(c1ccccc1)c1ccccc1. The molecule has 3 heteroatoms. The topological polar surface area (TPSA) is 50.8 Å². The molecule has 0 bridgehead atoms. The van der Waals surface area contributed by atoms with Gasteiger partial charge in [-0.1, -0.05) is 115 Å². The summed E-state index contributed by atoms with van der Waals surface area (Å²) < 4.78 is 0. The molecule has 0 aliphatic heterocycles. The summed E-state index contributed by atoms with van der Waals surface area (Å²) in [5.41, 5.74) is 11.4.